The van der Waals surface area contributed by atoms with Crippen molar-refractivity contribution in [1.82, 2.24) is 5.32 Å². The summed E-state index contributed by atoms with van der Waals surface area (Å²) in [6.45, 7) is -0.684. The van der Waals surface area contributed by atoms with Gasteiger partial charge in [0.05, 0.1) is 19.2 Å². The summed E-state index contributed by atoms with van der Waals surface area (Å²) >= 11 is 0. The average Bonchev–Trinajstić information content (AvgIpc) is 2.62. The van der Waals surface area contributed by atoms with Gasteiger partial charge in [-0.15, -0.1) is 0 Å². The fourth-order valence-electron chi connectivity index (χ4n) is 2.54. The van der Waals surface area contributed by atoms with Gasteiger partial charge in [0.1, 0.15) is 6.61 Å². The van der Waals surface area contributed by atoms with Crippen LogP contribution in [0.15, 0.2) is 18.2 Å². The zero-order valence-corrected chi connectivity index (χ0v) is 14.3. The number of rotatable bonds is 8. The van der Waals surface area contributed by atoms with Crippen LogP contribution in [0.3, 0.4) is 0 Å². The van der Waals surface area contributed by atoms with E-state index in [1.165, 1.54) is 17.0 Å². The van der Waals surface area contributed by atoms with Gasteiger partial charge in [-0.25, -0.2) is 17.6 Å². The molecule has 0 aliphatic carbocycles. The molecule has 2 rings (SSSR count). The van der Waals surface area contributed by atoms with Gasteiger partial charge >= 0.3 is 0 Å². The van der Waals surface area contributed by atoms with Gasteiger partial charge in [-0.3, -0.25) is 14.9 Å². The third-order valence-electron chi connectivity index (χ3n) is 3.90. The topological polar surface area (TPSA) is 96.7 Å². The van der Waals surface area contributed by atoms with Crippen LogP contribution in [0.2, 0.25) is 0 Å². The summed E-state index contributed by atoms with van der Waals surface area (Å²) in [6, 6.07) is 2.59. The van der Waals surface area contributed by atoms with Crippen LogP contribution in [-0.2, 0) is 14.3 Å². The number of carbonyl (C=O) groups is 2. The van der Waals surface area contributed by atoms with Crippen LogP contribution >= 0.6 is 0 Å². The van der Waals surface area contributed by atoms with Crippen LogP contribution in [0.4, 0.5) is 28.9 Å². The first-order valence-corrected chi connectivity index (χ1v) is 8.16. The average molecular weight is 392 g/mol. The molecule has 1 aromatic rings. The first-order valence-electron chi connectivity index (χ1n) is 8.16. The highest BCUT2D eigenvalue weighted by molar-refractivity contribution is 5.97. The standard InChI is InChI=1S/C16H20F4N4O3/c17-13(18)7-22-12(6-21)16(26)23-11-2-1-9(5-10(11)15(19)20)24-3-4-27-8-14(24)25/h1-2,5,12-13,15,22H,3-4,6-8,21H2,(H,23,26)/t12-/m1/s1. The normalized spacial score (nSPS) is 16.1. The smallest absolute Gasteiger partial charge is 0.265 e. The number of hydrogen-bond acceptors (Lipinski definition) is 5. The van der Waals surface area contributed by atoms with Crippen molar-refractivity contribution in [2.24, 2.45) is 5.73 Å². The lowest BCUT2D eigenvalue weighted by Gasteiger charge is -2.27. The molecule has 0 bridgehead atoms. The number of hydrogen-bond donors (Lipinski definition) is 3. The third-order valence-corrected chi connectivity index (χ3v) is 3.90. The fourth-order valence-corrected chi connectivity index (χ4v) is 2.54. The van der Waals surface area contributed by atoms with Crippen molar-refractivity contribution in [2.75, 3.05) is 43.1 Å². The van der Waals surface area contributed by atoms with E-state index in [1.807, 2.05) is 0 Å². The van der Waals surface area contributed by atoms with Gasteiger partial charge in [-0.1, -0.05) is 0 Å². The monoisotopic (exact) mass is 392 g/mol. The predicted molar refractivity (Wildman–Crippen MR) is 90.0 cm³/mol. The van der Waals surface area contributed by atoms with Crippen LogP contribution in [0.25, 0.3) is 0 Å². The molecule has 0 aromatic heterocycles. The number of benzene rings is 1. The molecule has 1 aromatic carbocycles. The zero-order valence-electron chi connectivity index (χ0n) is 14.3. The third kappa shape index (κ3) is 5.62. The fraction of sp³-hybridized carbons (Fsp3) is 0.500. The Balaban J connectivity index is 2.18. The molecule has 1 saturated heterocycles. The summed E-state index contributed by atoms with van der Waals surface area (Å²) in [6.07, 6.45) is -5.62. The summed E-state index contributed by atoms with van der Waals surface area (Å²) in [5, 5.41) is 4.54. The number of nitrogens with two attached hydrogens (primary N) is 1. The summed E-state index contributed by atoms with van der Waals surface area (Å²) in [4.78, 5) is 25.3. The Kier molecular flexibility index (Phi) is 7.51. The van der Waals surface area contributed by atoms with E-state index in [9.17, 15) is 27.2 Å². The molecule has 1 aliphatic heterocycles. The molecule has 0 spiro atoms. The molecule has 7 nitrogen and oxygen atoms in total. The van der Waals surface area contributed by atoms with Gasteiger partial charge in [0.25, 0.3) is 18.8 Å². The molecule has 150 valence electrons. The highest BCUT2D eigenvalue weighted by atomic mass is 19.3. The van der Waals surface area contributed by atoms with E-state index in [-0.39, 0.29) is 43.6 Å². The first kappa shape index (κ1) is 21.1. The van der Waals surface area contributed by atoms with Gasteiger partial charge in [-0.2, -0.15) is 0 Å². The van der Waals surface area contributed by atoms with Crippen LogP contribution in [0.1, 0.15) is 12.0 Å². The number of ether oxygens (including phenoxy) is 1. The number of amides is 2. The molecule has 1 heterocycles. The van der Waals surface area contributed by atoms with Crippen molar-refractivity contribution in [3.8, 4) is 0 Å². The number of nitrogens with zero attached hydrogens (tertiary/aromatic N) is 1. The van der Waals surface area contributed by atoms with E-state index in [2.05, 4.69) is 10.6 Å². The molecule has 2 amide bonds. The zero-order chi connectivity index (χ0) is 20.0. The molecule has 4 N–H and O–H groups in total. The molecule has 0 radical (unpaired) electrons. The number of morpholine rings is 1. The van der Waals surface area contributed by atoms with Crippen LogP contribution < -0.4 is 21.3 Å². The molecule has 1 atom stereocenters. The molecular weight excluding hydrogens is 372 g/mol. The maximum absolute atomic E-state index is 13.4. The minimum Gasteiger partial charge on any atom is -0.370 e. The van der Waals surface area contributed by atoms with Crippen molar-refractivity contribution >= 4 is 23.2 Å². The minimum absolute atomic E-state index is 0.142. The van der Waals surface area contributed by atoms with E-state index >= 15 is 0 Å². The largest absolute Gasteiger partial charge is 0.370 e. The Morgan fingerprint density at radius 2 is 2.04 bits per heavy atom. The lowest BCUT2D eigenvalue weighted by atomic mass is 10.1. The molecule has 0 unspecified atom stereocenters. The Bertz CT molecular complexity index is 675. The van der Waals surface area contributed by atoms with Crippen LogP contribution in [0, 0.1) is 0 Å². The molecule has 11 heteroatoms. The van der Waals surface area contributed by atoms with Crippen molar-refractivity contribution < 1.29 is 31.9 Å². The SMILES string of the molecule is NC[C@@H](NCC(F)F)C(=O)Nc1ccc(N2CCOCC2=O)cc1C(F)F. The van der Waals surface area contributed by atoms with E-state index < -0.39 is 36.9 Å². The molecule has 27 heavy (non-hydrogen) atoms. The van der Waals surface area contributed by atoms with Crippen molar-refractivity contribution in [3.05, 3.63) is 23.8 Å². The maximum atomic E-state index is 13.4. The van der Waals surface area contributed by atoms with E-state index in [0.717, 1.165) is 6.07 Å². The van der Waals surface area contributed by atoms with Crippen LogP contribution in [-0.4, -0.2) is 57.1 Å². The Morgan fingerprint density at radius 3 is 2.63 bits per heavy atom. The van der Waals surface area contributed by atoms with Crippen molar-refractivity contribution in [2.45, 2.75) is 18.9 Å². The van der Waals surface area contributed by atoms with Gasteiger partial charge in [-0.05, 0) is 18.2 Å². The van der Waals surface area contributed by atoms with E-state index in [1.54, 1.807) is 0 Å². The Labute approximate surface area is 152 Å². The van der Waals surface area contributed by atoms with Gasteiger partial charge < -0.3 is 20.7 Å². The Hall–Kier alpha value is -2.24. The highest BCUT2D eigenvalue weighted by Gasteiger charge is 2.25. The minimum atomic E-state index is -2.93. The summed E-state index contributed by atoms with van der Waals surface area (Å²) < 4.78 is 56.4. The molecule has 1 aliphatic rings. The van der Waals surface area contributed by atoms with E-state index in [0.29, 0.717) is 0 Å². The summed E-state index contributed by atoms with van der Waals surface area (Å²) in [5.41, 5.74) is 4.95. The van der Waals surface area contributed by atoms with Crippen molar-refractivity contribution in [1.29, 1.82) is 0 Å². The maximum Gasteiger partial charge on any atom is 0.265 e. The van der Waals surface area contributed by atoms with Crippen LogP contribution in [0.5, 0.6) is 0 Å². The molecular formula is C16H20F4N4O3. The second kappa shape index (κ2) is 9.62. The second-order valence-corrected chi connectivity index (χ2v) is 5.75. The molecule has 1 fully saturated rings. The van der Waals surface area contributed by atoms with Crippen molar-refractivity contribution in [3.63, 3.8) is 0 Å². The predicted octanol–water partition coefficient (Wildman–Crippen LogP) is 1.11. The summed E-state index contributed by atoms with van der Waals surface area (Å²) in [5.74, 6) is -1.17. The first-order chi connectivity index (χ1) is 12.8. The van der Waals surface area contributed by atoms with Gasteiger partial charge in [0, 0.05) is 30.0 Å². The summed E-state index contributed by atoms with van der Waals surface area (Å²) in [7, 11) is 0. The van der Waals surface area contributed by atoms with E-state index in [4.69, 9.17) is 10.5 Å². The number of nitrogens with one attached hydrogen (secondary N) is 2. The second-order valence-electron chi connectivity index (χ2n) is 5.75. The Morgan fingerprint density at radius 1 is 1.30 bits per heavy atom. The number of halogens is 4. The van der Waals surface area contributed by atoms with Gasteiger partial charge in [0.2, 0.25) is 5.91 Å². The quantitative estimate of drug-likeness (QED) is 0.576. The highest BCUT2D eigenvalue weighted by Crippen LogP contribution is 2.31. The molecule has 0 saturated carbocycles. The number of anilines is 2. The lowest BCUT2D eigenvalue weighted by molar-refractivity contribution is -0.125. The van der Waals surface area contributed by atoms with Gasteiger partial charge in [0.15, 0.2) is 0 Å². The number of alkyl halides is 4. The number of carbonyl (C=O) groups excluding carboxylic acids is 2. The lowest BCUT2D eigenvalue weighted by Crippen LogP contribution is -2.47.